The van der Waals surface area contributed by atoms with Crippen molar-refractivity contribution in [1.82, 2.24) is 9.55 Å². The summed E-state index contributed by atoms with van der Waals surface area (Å²) in [5.74, 6) is 2.19. The van der Waals surface area contributed by atoms with Gasteiger partial charge in [-0.05, 0) is 42.9 Å². The summed E-state index contributed by atoms with van der Waals surface area (Å²) in [6.07, 6.45) is 6.79. The average Bonchev–Trinajstić information content (AvgIpc) is 3.03. The van der Waals surface area contributed by atoms with Crippen molar-refractivity contribution in [2.75, 3.05) is 5.32 Å². The zero-order valence-electron chi connectivity index (χ0n) is 14.6. The lowest BCUT2D eigenvalue weighted by Crippen LogP contribution is -2.22. The van der Waals surface area contributed by atoms with Crippen molar-refractivity contribution in [3.05, 3.63) is 47.5 Å². The standard InChI is InChI=1S/C19H27N5/c1-3-14(2)15-7-9-16(10-8-15)23-19(20)21-12-17-13-24-11-5-4-6-18(24)22-17/h7-10,13-14H,3-6,11-12H2,1-2H3,(H3,20,21,23). The molecule has 1 aliphatic heterocycles. The van der Waals surface area contributed by atoms with Crippen molar-refractivity contribution in [3.8, 4) is 0 Å². The van der Waals surface area contributed by atoms with Gasteiger partial charge in [0.15, 0.2) is 5.96 Å². The Labute approximate surface area is 144 Å². The van der Waals surface area contributed by atoms with Gasteiger partial charge in [0.05, 0.1) is 12.2 Å². The van der Waals surface area contributed by atoms with Gasteiger partial charge < -0.3 is 15.6 Å². The number of guanidine groups is 1. The molecule has 2 heterocycles. The molecule has 128 valence electrons. The number of hydrogen-bond acceptors (Lipinski definition) is 2. The largest absolute Gasteiger partial charge is 0.370 e. The van der Waals surface area contributed by atoms with Crippen LogP contribution in [0.2, 0.25) is 0 Å². The fourth-order valence-electron chi connectivity index (χ4n) is 3.03. The van der Waals surface area contributed by atoms with E-state index in [0.717, 1.165) is 30.8 Å². The first-order valence-electron chi connectivity index (χ1n) is 8.87. The molecule has 0 fully saturated rings. The van der Waals surface area contributed by atoms with Crippen molar-refractivity contribution in [3.63, 3.8) is 0 Å². The second-order valence-electron chi connectivity index (χ2n) is 6.56. The molecule has 0 spiro atoms. The molecule has 0 bridgehead atoms. The number of benzene rings is 1. The predicted octanol–water partition coefficient (Wildman–Crippen LogP) is 3.66. The Balaban J connectivity index is 1.59. The minimum Gasteiger partial charge on any atom is -0.370 e. The van der Waals surface area contributed by atoms with Crippen molar-refractivity contribution in [2.24, 2.45) is 10.7 Å². The fourth-order valence-corrected chi connectivity index (χ4v) is 3.03. The summed E-state index contributed by atoms with van der Waals surface area (Å²) in [4.78, 5) is 9.06. The van der Waals surface area contributed by atoms with E-state index in [-0.39, 0.29) is 0 Å². The van der Waals surface area contributed by atoms with E-state index in [4.69, 9.17) is 5.73 Å². The number of imidazole rings is 1. The number of fused-ring (bicyclic) bond motifs is 1. The Morgan fingerprint density at radius 1 is 1.33 bits per heavy atom. The second kappa shape index (κ2) is 7.51. The van der Waals surface area contributed by atoms with E-state index in [0.29, 0.717) is 18.4 Å². The number of rotatable bonds is 5. The molecular weight excluding hydrogens is 298 g/mol. The van der Waals surface area contributed by atoms with Crippen LogP contribution in [-0.4, -0.2) is 15.5 Å². The normalized spacial score (nSPS) is 15.8. The molecule has 0 saturated carbocycles. The van der Waals surface area contributed by atoms with Crippen LogP contribution in [0.15, 0.2) is 35.5 Å². The van der Waals surface area contributed by atoms with Gasteiger partial charge >= 0.3 is 0 Å². The van der Waals surface area contributed by atoms with Gasteiger partial charge in [-0.15, -0.1) is 0 Å². The number of hydrogen-bond donors (Lipinski definition) is 2. The Hall–Kier alpha value is -2.30. The maximum atomic E-state index is 6.00. The summed E-state index contributed by atoms with van der Waals surface area (Å²) >= 11 is 0. The average molecular weight is 325 g/mol. The van der Waals surface area contributed by atoms with E-state index < -0.39 is 0 Å². The van der Waals surface area contributed by atoms with Crippen LogP contribution in [0.25, 0.3) is 0 Å². The van der Waals surface area contributed by atoms with Crippen LogP contribution in [0.1, 0.15) is 56.1 Å². The number of aromatic nitrogens is 2. The van der Waals surface area contributed by atoms with E-state index in [2.05, 4.69) is 64.2 Å². The van der Waals surface area contributed by atoms with Crippen LogP contribution < -0.4 is 11.1 Å². The Bertz CT molecular complexity index is 676. The quantitative estimate of drug-likeness (QED) is 0.651. The molecule has 5 heteroatoms. The summed E-state index contributed by atoms with van der Waals surface area (Å²) < 4.78 is 2.24. The Morgan fingerprint density at radius 2 is 2.12 bits per heavy atom. The van der Waals surface area contributed by atoms with Gasteiger partial charge in [-0.3, -0.25) is 0 Å². The van der Waals surface area contributed by atoms with E-state index in [1.54, 1.807) is 0 Å². The Kier molecular flexibility index (Phi) is 5.18. The summed E-state index contributed by atoms with van der Waals surface area (Å²) in [6.45, 7) is 6.03. The summed E-state index contributed by atoms with van der Waals surface area (Å²) in [5, 5.41) is 3.15. The Morgan fingerprint density at radius 3 is 2.83 bits per heavy atom. The van der Waals surface area contributed by atoms with Crippen molar-refractivity contribution < 1.29 is 0 Å². The first kappa shape index (κ1) is 16.6. The molecule has 0 aliphatic carbocycles. The number of aliphatic imine (C=N–C) groups is 1. The van der Waals surface area contributed by atoms with Crippen molar-refractivity contribution in [1.29, 1.82) is 0 Å². The highest BCUT2D eigenvalue weighted by atomic mass is 15.1. The van der Waals surface area contributed by atoms with Crippen LogP contribution in [0.4, 0.5) is 5.69 Å². The highest BCUT2D eigenvalue weighted by Crippen LogP contribution is 2.20. The molecule has 3 rings (SSSR count). The molecule has 1 atom stereocenters. The van der Waals surface area contributed by atoms with Gasteiger partial charge in [-0.1, -0.05) is 26.0 Å². The lowest BCUT2D eigenvalue weighted by Gasteiger charge is -2.11. The number of nitrogens with one attached hydrogen (secondary N) is 1. The van der Waals surface area contributed by atoms with Gasteiger partial charge in [-0.2, -0.15) is 0 Å². The predicted molar refractivity (Wildman–Crippen MR) is 99.3 cm³/mol. The third-order valence-corrected chi connectivity index (χ3v) is 4.73. The van der Waals surface area contributed by atoms with Crippen molar-refractivity contribution >= 4 is 11.6 Å². The highest BCUT2D eigenvalue weighted by molar-refractivity contribution is 5.92. The van der Waals surface area contributed by atoms with Crippen LogP contribution in [0.5, 0.6) is 0 Å². The molecule has 1 aliphatic rings. The monoisotopic (exact) mass is 325 g/mol. The topological polar surface area (TPSA) is 68.2 Å². The molecule has 0 radical (unpaired) electrons. The molecule has 5 nitrogen and oxygen atoms in total. The molecule has 0 saturated heterocycles. The van der Waals surface area contributed by atoms with Gasteiger partial charge in [0.2, 0.25) is 0 Å². The second-order valence-corrected chi connectivity index (χ2v) is 6.56. The summed E-state index contributed by atoms with van der Waals surface area (Å²) in [7, 11) is 0. The summed E-state index contributed by atoms with van der Waals surface area (Å²) in [5.41, 5.74) is 9.31. The molecular formula is C19H27N5. The first-order valence-corrected chi connectivity index (χ1v) is 8.87. The van der Waals surface area contributed by atoms with Gasteiger partial charge in [-0.25, -0.2) is 9.98 Å². The minimum absolute atomic E-state index is 0.428. The third kappa shape index (κ3) is 3.96. The highest BCUT2D eigenvalue weighted by Gasteiger charge is 2.11. The molecule has 24 heavy (non-hydrogen) atoms. The summed E-state index contributed by atoms with van der Waals surface area (Å²) in [6, 6.07) is 8.40. The fraction of sp³-hybridized carbons (Fsp3) is 0.474. The van der Waals surface area contributed by atoms with E-state index in [1.807, 2.05) is 0 Å². The number of nitrogens with zero attached hydrogens (tertiary/aromatic N) is 3. The molecule has 2 aromatic rings. The SMILES string of the molecule is CCC(C)c1ccc(NC(N)=NCc2cn3c(n2)CCCC3)cc1. The number of nitrogens with two attached hydrogens (primary N) is 1. The smallest absolute Gasteiger partial charge is 0.193 e. The maximum absolute atomic E-state index is 6.00. The van der Waals surface area contributed by atoms with Crippen molar-refractivity contribution in [2.45, 2.75) is 58.5 Å². The number of anilines is 1. The van der Waals surface area contributed by atoms with E-state index in [9.17, 15) is 0 Å². The zero-order valence-corrected chi connectivity index (χ0v) is 14.6. The lowest BCUT2D eigenvalue weighted by molar-refractivity contribution is 0.522. The van der Waals surface area contributed by atoms with Crippen LogP contribution in [0.3, 0.4) is 0 Å². The number of aryl methyl sites for hydroxylation is 2. The minimum atomic E-state index is 0.428. The molecule has 1 aromatic carbocycles. The molecule has 3 N–H and O–H groups in total. The van der Waals surface area contributed by atoms with Gasteiger partial charge in [0.25, 0.3) is 0 Å². The van der Waals surface area contributed by atoms with Gasteiger partial charge in [0, 0.05) is 24.8 Å². The van der Waals surface area contributed by atoms with Crippen LogP contribution in [-0.2, 0) is 19.5 Å². The van der Waals surface area contributed by atoms with E-state index >= 15 is 0 Å². The molecule has 1 aromatic heterocycles. The first-order chi connectivity index (χ1) is 11.7. The zero-order chi connectivity index (χ0) is 16.9. The third-order valence-electron chi connectivity index (χ3n) is 4.73. The molecule has 0 amide bonds. The van der Waals surface area contributed by atoms with Crippen LogP contribution in [0, 0.1) is 0 Å². The lowest BCUT2D eigenvalue weighted by atomic mass is 9.99. The van der Waals surface area contributed by atoms with E-state index in [1.165, 1.54) is 24.2 Å². The molecule has 1 unspecified atom stereocenters. The maximum Gasteiger partial charge on any atom is 0.193 e. The van der Waals surface area contributed by atoms with Gasteiger partial charge in [0.1, 0.15) is 5.82 Å². The van der Waals surface area contributed by atoms with Crippen LogP contribution >= 0.6 is 0 Å².